The van der Waals surface area contributed by atoms with Crippen LogP contribution >= 0.6 is 0 Å². The molecule has 0 radical (unpaired) electrons. The van der Waals surface area contributed by atoms with Gasteiger partial charge in [-0.2, -0.15) is 4.31 Å². The topological polar surface area (TPSA) is 122 Å². The van der Waals surface area contributed by atoms with Crippen molar-refractivity contribution in [2.75, 3.05) is 33.1 Å². The van der Waals surface area contributed by atoms with Crippen LogP contribution in [-0.4, -0.2) is 87.1 Å². The molecule has 3 aromatic rings. The van der Waals surface area contributed by atoms with E-state index >= 15 is 0 Å². The standard InChI is InChI=1S/C39H48N2O10S/c1-25(2)20-40(52(43,44)30-13-14-33-34(19-30)49-24-48-33)21-35-32(18-27-9-11-29(12-10-27)46-22-28-8-6-7-26(3)17-28)41(39(4,5)51-35)38(42)50-36-23-47-37-31(36)15-16-45-37/h6-14,17,19,25,31-32,35-37H,15-16,18,20-24H2,1-5H3/t31-,32-,35+,36-,37+/m0/s1. The van der Waals surface area contributed by atoms with Gasteiger partial charge in [0.15, 0.2) is 17.8 Å². The summed E-state index contributed by atoms with van der Waals surface area (Å²) in [4.78, 5) is 15.9. The van der Waals surface area contributed by atoms with Gasteiger partial charge >= 0.3 is 6.09 Å². The summed E-state index contributed by atoms with van der Waals surface area (Å²) in [5, 5.41) is 0. The number of nitrogens with zero attached hydrogens (tertiary/aromatic N) is 2. The van der Waals surface area contributed by atoms with Gasteiger partial charge in [0.2, 0.25) is 16.8 Å². The van der Waals surface area contributed by atoms with Gasteiger partial charge in [-0.1, -0.05) is 55.8 Å². The van der Waals surface area contributed by atoms with Crippen LogP contribution in [0.1, 0.15) is 50.8 Å². The summed E-state index contributed by atoms with van der Waals surface area (Å²) in [7, 11) is -4.01. The Morgan fingerprint density at radius 3 is 2.56 bits per heavy atom. The van der Waals surface area contributed by atoms with E-state index in [9.17, 15) is 13.2 Å². The first-order valence-corrected chi connectivity index (χ1v) is 19.4. The van der Waals surface area contributed by atoms with Crippen molar-refractivity contribution in [1.29, 1.82) is 0 Å². The first-order chi connectivity index (χ1) is 24.9. The largest absolute Gasteiger partial charge is 0.489 e. The molecule has 3 fully saturated rings. The lowest BCUT2D eigenvalue weighted by Crippen LogP contribution is -2.51. The zero-order valence-corrected chi connectivity index (χ0v) is 31.2. The summed E-state index contributed by atoms with van der Waals surface area (Å²) in [5.74, 6) is 1.57. The molecule has 12 nitrogen and oxygen atoms in total. The normalized spacial score (nSPS) is 24.8. The second kappa shape index (κ2) is 14.9. The maximum absolute atomic E-state index is 14.3. The van der Waals surface area contributed by atoms with E-state index in [0.29, 0.717) is 36.9 Å². The summed E-state index contributed by atoms with van der Waals surface area (Å²) < 4.78 is 71.2. The molecule has 52 heavy (non-hydrogen) atoms. The Balaban J connectivity index is 1.15. The number of benzene rings is 3. The summed E-state index contributed by atoms with van der Waals surface area (Å²) in [6, 6.07) is 20.0. The van der Waals surface area contributed by atoms with Gasteiger partial charge in [0.1, 0.15) is 24.2 Å². The molecule has 7 rings (SSSR count). The number of amides is 1. The Kier molecular flexibility index (Phi) is 10.4. The van der Waals surface area contributed by atoms with Crippen LogP contribution in [0.3, 0.4) is 0 Å². The SMILES string of the molecule is Cc1cccc(COc2ccc(C[C@H]3[C@@H](CN(CC(C)C)S(=O)(=O)c4ccc5c(c4)OCO5)OC(C)(C)N3C(=O)O[C@H]3CO[C@H]4OCC[C@H]43)cc2)c1. The minimum absolute atomic E-state index is 0.00834. The number of carbonyl (C=O) groups excluding carboxylic acids is 1. The highest BCUT2D eigenvalue weighted by atomic mass is 32.2. The third kappa shape index (κ3) is 7.74. The molecule has 0 bridgehead atoms. The number of aryl methyl sites for hydroxylation is 1. The van der Waals surface area contributed by atoms with Gasteiger partial charge in [-0.25, -0.2) is 13.2 Å². The maximum atomic E-state index is 14.3. The molecule has 3 saturated heterocycles. The zero-order chi connectivity index (χ0) is 36.6. The third-order valence-corrected chi connectivity index (χ3v) is 11.8. The third-order valence-electron chi connectivity index (χ3n) is 10.0. The smallest absolute Gasteiger partial charge is 0.412 e. The molecule has 0 N–H and O–H groups in total. The monoisotopic (exact) mass is 736 g/mol. The Hall–Kier alpha value is -3.88. The summed E-state index contributed by atoms with van der Waals surface area (Å²) in [6.07, 6.45) is -0.923. The number of hydrogen-bond donors (Lipinski definition) is 0. The van der Waals surface area contributed by atoms with E-state index in [2.05, 4.69) is 19.1 Å². The lowest BCUT2D eigenvalue weighted by Gasteiger charge is -2.34. The Bertz CT molecular complexity index is 1850. The zero-order valence-electron chi connectivity index (χ0n) is 30.4. The second-order valence-corrected chi connectivity index (χ2v) is 16.8. The van der Waals surface area contributed by atoms with Crippen molar-refractivity contribution in [3.05, 3.63) is 83.4 Å². The molecule has 0 spiro atoms. The van der Waals surface area contributed by atoms with Gasteiger partial charge in [-0.15, -0.1) is 0 Å². The molecule has 0 aliphatic carbocycles. The van der Waals surface area contributed by atoms with Crippen LogP contribution in [0.4, 0.5) is 4.79 Å². The molecule has 13 heteroatoms. The lowest BCUT2D eigenvalue weighted by atomic mass is 9.99. The number of hydrogen-bond acceptors (Lipinski definition) is 10. The summed E-state index contributed by atoms with van der Waals surface area (Å²) in [5.41, 5.74) is 2.07. The number of ether oxygens (including phenoxy) is 7. The van der Waals surface area contributed by atoms with Crippen LogP contribution < -0.4 is 14.2 Å². The van der Waals surface area contributed by atoms with Crippen LogP contribution in [-0.2, 0) is 42.0 Å². The minimum atomic E-state index is -4.01. The number of rotatable bonds is 12. The molecule has 0 aromatic heterocycles. The lowest BCUT2D eigenvalue weighted by molar-refractivity contribution is -0.0911. The molecule has 0 saturated carbocycles. The van der Waals surface area contributed by atoms with E-state index in [1.54, 1.807) is 11.0 Å². The van der Waals surface area contributed by atoms with Crippen LogP contribution in [0.2, 0.25) is 0 Å². The van der Waals surface area contributed by atoms with E-state index in [1.807, 2.05) is 64.1 Å². The van der Waals surface area contributed by atoms with Crippen LogP contribution in [0, 0.1) is 18.8 Å². The molecule has 4 aliphatic heterocycles. The van der Waals surface area contributed by atoms with Crippen molar-refractivity contribution in [2.24, 2.45) is 11.8 Å². The predicted molar refractivity (Wildman–Crippen MR) is 190 cm³/mol. The molecular formula is C39H48N2O10S. The number of fused-ring (bicyclic) bond motifs is 2. The Morgan fingerprint density at radius 2 is 1.79 bits per heavy atom. The highest BCUT2D eigenvalue weighted by Crippen LogP contribution is 2.40. The van der Waals surface area contributed by atoms with E-state index in [1.165, 1.54) is 22.0 Å². The second-order valence-electron chi connectivity index (χ2n) is 14.8. The molecule has 3 aromatic carbocycles. The minimum Gasteiger partial charge on any atom is -0.489 e. The average Bonchev–Trinajstić information content (AvgIpc) is 3.89. The van der Waals surface area contributed by atoms with Crippen molar-refractivity contribution >= 4 is 16.1 Å². The van der Waals surface area contributed by atoms with E-state index in [-0.39, 0.29) is 49.5 Å². The van der Waals surface area contributed by atoms with Crippen molar-refractivity contribution in [3.63, 3.8) is 0 Å². The van der Waals surface area contributed by atoms with Gasteiger partial charge < -0.3 is 33.2 Å². The first kappa shape index (κ1) is 36.5. The van der Waals surface area contributed by atoms with Gasteiger partial charge in [-0.3, -0.25) is 4.90 Å². The van der Waals surface area contributed by atoms with Gasteiger partial charge in [0.25, 0.3) is 0 Å². The maximum Gasteiger partial charge on any atom is 0.412 e. The number of sulfonamides is 1. The summed E-state index contributed by atoms with van der Waals surface area (Å²) >= 11 is 0. The van der Waals surface area contributed by atoms with E-state index < -0.39 is 40.1 Å². The van der Waals surface area contributed by atoms with Gasteiger partial charge in [0.05, 0.1) is 36.2 Å². The van der Waals surface area contributed by atoms with Crippen LogP contribution in [0.25, 0.3) is 0 Å². The number of carbonyl (C=O) groups is 1. The molecule has 0 unspecified atom stereocenters. The molecule has 5 atom stereocenters. The summed E-state index contributed by atoms with van der Waals surface area (Å²) in [6.45, 7) is 11.1. The Labute approximate surface area is 305 Å². The first-order valence-electron chi connectivity index (χ1n) is 18.0. The van der Waals surface area contributed by atoms with Crippen molar-refractivity contribution in [2.45, 2.75) is 89.2 Å². The highest BCUT2D eigenvalue weighted by Gasteiger charge is 2.53. The quantitative estimate of drug-likeness (QED) is 0.222. The predicted octanol–water partition coefficient (Wildman–Crippen LogP) is 5.90. The molecular weight excluding hydrogens is 689 g/mol. The fraction of sp³-hybridized carbons (Fsp3) is 0.513. The van der Waals surface area contributed by atoms with E-state index in [4.69, 9.17) is 33.2 Å². The Morgan fingerprint density at radius 1 is 1.00 bits per heavy atom. The van der Waals surface area contributed by atoms with Gasteiger partial charge in [-0.05, 0) is 74.9 Å². The van der Waals surface area contributed by atoms with Crippen molar-refractivity contribution in [3.8, 4) is 17.2 Å². The molecule has 1 amide bonds. The van der Waals surface area contributed by atoms with Gasteiger partial charge in [0, 0.05) is 19.2 Å². The average molecular weight is 737 g/mol. The van der Waals surface area contributed by atoms with Crippen LogP contribution in [0.5, 0.6) is 17.2 Å². The molecule has 280 valence electrons. The van der Waals surface area contributed by atoms with E-state index in [0.717, 1.165) is 17.5 Å². The van der Waals surface area contributed by atoms with Crippen LogP contribution in [0.15, 0.2) is 71.6 Å². The van der Waals surface area contributed by atoms with Crippen molar-refractivity contribution in [1.82, 2.24) is 9.21 Å². The highest BCUT2D eigenvalue weighted by molar-refractivity contribution is 7.89. The van der Waals surface area contributed by atoms with Crippen molar-refractivity contribution < 1.29 is 46.4 Å². The fourth-order valence-corrected chi connectivity index (χ4v) is 9.17. The fourth-order valence-electron chi connectivity index (χ4n) is 7.54. The molecule has 4 heterocycles. The molecule has 4 aliphatic rings.